The van der Waals surface area contributed by atoms with Gasteiger partial charge < -0.3 is 9.84 Å². The van der Waals surface area contributed by atoms with E-state index in [1.54, 1.807) is 24.3 Å². The number of ether oxygens (including phenoxy) is 1. The lowest BCUT2D eigenvalue weighted by molar-refractivity contribution is -0.136. The molecule has 0 amide bonds. The van der Waals surface area contributed by atoms with Gasteiger partial charge in [-0.25, -0.2) is 0 Å². The second kappa shape index (κ2) is 6.62. The van der Waals surface area contributed by atoms with Crippen molar-refractivity contribution in [1.82, 2.24) is 0 Å². The quantitative estimate of drug-likeness (QED) is 0.833. The van der Waals surface area contributed by atoms with Gasteiger partial charge >= 0.3 is 12.6 Å². The largest absolute Gasteiger partial charge is 0.481 e. The number of carboxylic acids is 1. The molecule has 92 valence electrons. The molecule has 0 saturated heterocycles. The molecule has 0 radical (unpaired) electrons. The number of carbonyl (C=O) groups is 1. The Bertz CT molecular complexity index is 402. The van der Waals surface area contributed by atoms with Gasteiger partial charge in [0.05, 0.1) is 0 Å². The normalized spacial score (nSPS) is 11.0. The Morgan fingerprint density at radius 1 is 1.47 bits per heavy atom. The molecule has 0 spiro atoms. The van der Waals surface area contributed by atoms with E-state index >= 15 is 0 Å². The minimum absolute atomic E-state index is 0.0454. The molecule has 5 heteroatoms. The van der Waals surface area contributed by atoms with Crippen molar-refractivity contribution >= 4 is 12.0 Å². The third kappa shape index (κ3) is 5.65. The molecule has 1 aromatic carbocycles. The number of allylic oxidation sites excluding steroid dienone is 1. The van der Waals surface area contributed by atoms with Gasteiger partial charge in [-0.3, -0.25) is 4.79 Å². The molecule has 0 aliphatic carbocycles. The molecule has 3 nitrogen and oxygen atoms in total. The SMILES string of the molecule is O=C(O)CCC=Cc1cccc(OC(F)F)c1. The Morgan fingerprint density at radius 2 is 2.24 bits per heavy atom. The first kappa shape index (κ1) is 13.2. The van der Waals surface area contributed by atoms with E-state index in [-0.39, 0.29) is 12.2 Å². The Balaban J connectivity index is 2.56. The summed E-state index contributed by atoms with van der Waals surface area (Å²) < 4.78 is 28.1. The molecule has 17 heavy (non-hydrogen) atoms. The van der Waals surface area contributed by atoms with Crippen molar-refractivity contribution in [3.63, 3.8) is 0 Å². The molecule has 0 atom stereocenters. The van der Waals surface area contributed by atoms with Crippen LogP contribution in [0.1, 0.15) is 18.4 Å². The first-order valence-electron chi connectivity index (χ1n) is 5.01. The molecule has 0 heterocycles. The van der Waals surface area contributed by atoms with Gasteiger partial charge in [-0.1, -0.05) is 24.3 Å². The van der Waals surface area contributed by atoms with Gasteiger partial charge in [-0.2, -0.15) is 8.78 Å². The van der Waals surface area contributed by atoms with Gasteiger partial charge in [-0.15, -0.1) is 0 Å². The van der Waals surface area contributed by atoms with E-state index in [0.717, 1.165) is 0 Å². The molecule has 0 aliphatic rings. The van der Waals surface area contributed by atoms with Gasteiger partial charge in [0.25, 0.3) is 0 Å². The zero-order valence-corrected chi connectivity index (χ0v) is 8.98. The summed E-state index contributed by atoms with van der Waals surface area (Å²) in [5.41, 5.74) is 0.688. The van der Waals surface area contributed by atoms with Crippen molar-refractivity contribution in [3.8, 4) is 5.75 Å². The highest BCUT2D eigenvalue weighted by Gasteiger charge is 2.03. The molecule has 0 aliphatic heterocycles. The lowest BCUT2D eigenvalue weighted by Gasteiger charge is -2.04. The number of halogens is 2. The summed E-state index contributed by atoms with van der Waals surface area (Å²) >= 11 is 0. The topological polar surface area (TPSA) is 46.5 Å². The van der Waals surface area contributed by atoms with Gasteiger partial charge in [0.1, 0.15) is 5.75 Å². The average Bonchev–Trinajstić information content (AvgIpc) is 2.24. The van der Waals surface area contributed by atoms with Crippen LogP contribution in [0.15, 0.2) is 30.3 Å². The van der Waals surface area contributed by atoms with Crippen LogP contribution in [0.5, 0.6) is 5.75 Å². The Morgan fingerprint density at radius 3 is 2.88 bits per heavy atom. The molecule has 0 saturated carbocycles. The second-order valence-corrected chi connectivity index (χ2v) is 3.29. The minimum atomic E-state index is -2.85. The summed E-state index contributed by atoms with van der Waals surface area (Å²) in [4.78, 5) is 10.2. The molecular formula is C12H12F2O3. The van der Waals surface area contributed by atoms with Crippen LogP contribution in [-0.2, 0) is 4.79 Å². The van der Waals surface area contributed by atoms with Crippen molar-refractivity contribution in [1.29, 1.82) is 0 Å². The fourth-order valence-corrected chi connectivity index (χ4v) is 1.22. The molecular weight excluding hydrogens is 230 g/mol. The van der Waals surface area contributed by atoms with Crippen molar-refractivity contribution in [2.75, 3.05) is 0 Å². The van der Waals surface area contributed by atoms with Gasteiger partial charge in [0, 0.05) is 6.42 Å². The standard InChI is InChI=1S/C12H12F2O3/c13-12(14)17-10-6-3-5-9(8-10)4-1-2-7-11(15)16/h1,3-6,8,12H,2,7H2,(H,15,16). The summed E-state index contributed by atoms with van der Waals surface area (Å²) in [5, 5.41) is 8.42. The summed E-state index contributed by atoms with van der Waals surface area (Å²) in [7, 11) is 0. The smallest absolute Gasteiger partial charge is 0.387 e. The molecule has 0 unspecified atom stereocenters. The Kier molecular flexibility index (Phi) is 5.13. The number of benzene rings is 1. The van der Waals surface area contributed by atoms with E-state index in [0.29, 0.717) is 12.0 Å². The fraction of sp³-hybridized carbons (Fsp3) is 0.250. The van der Waals surface area contributed by atoms with Gasteiger partial charge in [0.15, 0.2) is 0 Å². The van der Waals surface area contributed by atoms with Crippen LogP contribution in [0.2, 0.25) is 0 Å². The van der Waals surface area contributed by atoms with Crippen molar-refractivity contribution in [3.05, 3.63) is 35.9 Å². The van der Waals surface area contributed by atoms with Crippen LogP contribution in [0.3, 0.4) is 0 Å². The first-order valence-corrected chi connectivity index (χ1v) is 5.01. The first-order chi connectivity index (χ1) is 8.08. The zero-order chi connectivity index (χ0) is 12.7. The van der Waals surface area contributed by atoms with Crippen molar-refractivity contribution < 1.29 is 23.4 Å². The number of alkyl halides is 2. The van der Waals surface area contributed by atoms with Crippen LogP contribution in [0.25, 0.3) is 6.08 Å². The summed E-state index contributed by atoms with van der Waals surface area (Å²) in [6, 6.07) is 6.20. The maximum Gasteiger partial charge on any atom is 0.387 e. The highest BCUT2D eigenvalue weighted by atomic mass is 19.3. The van der Waals surface area contributed by atoms with E-state index in [1.165, 1.54) is 12.1 Å². The monoisotopic (exact) mass is 242 g/mol. The van der Waals surface area contributed by atoms with Gasteiger partial charge in [0.2, 0.25) is 0 Å². The second-order valence-electron chi connectivity index (χ2n) is 3.29. The molecule has 0 aromatic heterocycles. The van der Waals surface area contributed by atoms with Crippen LogP contribution in [0, 0.1) is 0 Å². The van der Waals surface area contributed by atoms with Gasteiger partial charge in [-0.05, 0) is 24.1 Å². The van der Waals surface area contributed by atoms with E-state index in [4.69, 9.17) is 5.11 Å². The van der Waals surface area contributed by atoms with E-state index in [1.807, 2.05) is 0 Å². The number of hydrogen-bond donors (Lipinski definition) is 1. The van der Waals surface area contributed by atoms with Crippen molar-refractivity contribution in [2.45, 2.75) is 19.5 Å². The third-order valence-corrected chi connectivity index (χ3v) is 1.92. The molecule has 1 rings (SSSR count). The van der Waals surface area contributed by atoms with E-state index in [2.05, 4.69) is 4.74 Å². The Hall–Kier alpha value is -1.91. The summed E-state index contributed by atoms with van der Waals surface area (Å²) in [6.07, 6.45) is 3.79. The maximum absolute atomic E-state index is 11.9. The number of carboxylic acid groups (broad SMARTS) is 1. The lowest BCUT2D eigenvalue weighted by Crippen LogP contribution is -2.01. The van der Waals surface area contributed by atoms with E-state index in [9.17, 15) is 13.6 Å². The highest BCUT2D eigenvalue weighted by molar-refractivity contribution is 5.67. The average molecular weight is 242 g/mol. The predicted molar refractivity (Wildman–Crippen MR) is 59.0 cm³/mol. The minimum Gasteiger partial charge on any atom is -0.481 e. The number of aliphatic carboxylic acids is 1. The summed E-state index contributed by atoms with van der Waals surface area (Å²) in [5.74, 6) is -0.787. The molecule has 0 fully saturated rings. The number of rotatable bonds is 6. The fourth-order valence-electron chi connectivity index (χ4n) is 1.22. The van der Waals surface area contributed by atoms with E-state index < -0.39 is 12.6 Å². The van der Waals surface area contributed by atoms with Crippen LogP contribution < -0.4 is 4.74 Å². The third-order valence-electron chi connectivity index (χ3n) is 1.92. The zero-order valence-electron chi connectivity index (χ0n) is 8.98. The maximum atomic E-state index is 11.9. The predicted octanol–water partition coefficient (Wildman–Crippen LogP) is 3.17. The van der Waals surface area contributed by atoms with Crippen LogP contribution in [0.4, 0.5) is 8.78 Å². The Labute approximate surface area is 97.3 Å². The lowest BCUT2D eigenvalue weighted by atomic mass is 10.2. The summed E-state index contributed by atoms with van der Waals surface area (Å²) in [6.45, 7) is -2.85. The molecule has 0 bridgehead atoms. The van der Waals surface area contributed by atoms with Crippen molar-refractivity contribution in [2.24, 2.45) is 0 Å². The molecule has 1 aromatic rings. The number of hydrogen-bond acceptors (Lipinski definition) is 2. The van der Waals surface area contributed by atoms with Crippen LogP contribution >= 0.6 is 0 Å². The highest BCUT2D eigenvalue weighted by Crippen LogP contribution is 2.17. The van der Waals surface area contributed by atoms with Crippen LogP contribution in [-0.4, -0.2) is 17.7 Å². The molecule has 1 N–H and O–H groups in total.